The fourth-order valence-electron chi connectivity index (χ4n) is 4.77. The van der Waals surface area contributed by atoms with Crippen molar-refractivity contribution < 1.29 is 4.79 Å². The van der Waals surface area contributed by atoms with E-state index in [0.717, 1.165) is 63.1 Å². The van der Waals surface area contributed by atoms with E-state index >= 15 is 0 Å². The molecule has 2 saturated carbocycles. The smallest absolute Gasteiger partial charge is 0.223 e. The number of aromatic nitrogens is 2. The monoisotopic (exact) mass is 371 g/mol. The van der Waals surface area contributed by atoms with Gasteiger partial charge in [-0.2, -0.15) is 0 Å². The molecule has 148 valence electrons. The first kappa shape index (κ1) is 18.7. The molecule has 6 heteroatoms. The summed E-state index contributed by atoms with van der Waals surface area (Å²) in [4.78, 5) is 23.9. The van der Waals surface area contributed by atoms with Gasteiger partial charge in [-0.1, -0.05) is 25.7 Å². The maximum atomic E-state index is 12.7. The summed E-state index contributed by atoms with van der Waals surface area (Å²) in [5.41, 5.74) is 7.03. The van der Waals surface area contributed by atoms with Crippen molar-refractivity contribution >= 4 is 11.7 Å². The lowest BCUT2D eigenvalue weighted by molar-refractivity contribution is -0.126. The second kappa shape index (κ2) is 8.55. The zero-order valence-electron chi connectivity index (χ0n) is 16.3. The van der Waals surface area contributed by atoms with Crippen molar-refractivity contribution in [3.05, 3.63) is 18.1 Å². The lowest BCUT2D eigenvalue weighted by Crippen LogP contribution is -2.44. The molecule has 1 amide bonds. The molecule has 6 nitrogen and oxygen atoms in total. The maximum Gasteiger partial charge on any atom is 0.223 e. The molecule has 0 atom stereocenters. The molecule has 0 radical (unpaired) electrons. The van der Waals surface area contributed by atoms with Gasteiger partial charge < -0.3 is 16.0 Å². The Balaban J connectivity index is 1.28. The molecule has 3 N–H and O–H groups in total. The Bertz CT molecular complexity index is 629. The van der Waals surface area contributed by atoms with Gasteiger partial charge in [0.2, 0.25) is 5.91 Å². The summed E-state index contributed by atoms with van der Waals surface area (Å²) in [7, 11) is 0. The van der Waals surface area contributed by atoms with Crippen LogP contribution in [0.3, 0.4) is 0 Å². The summed E-state index contributed by atoms with van der Waals surface area (Å²) in [6.07, 6.45) is 13.0. The Morgan fingerprint density at radius 2 is 1.74 bits per heavy atom. The highest BCUT2D eigenvalue weighted by atomic mass is 16.1. The molecule has 0 aromatic carbocycles. The number of hydrogen-bond donors (Lipinski definition) is 2. The molecule has 3 fully saturated rings. The van der Waals surface area contributed by atoms with E-state index in [1.165, 1.54) is 25.7 Å². The number of anilines is 1. The van der Waals surface area contributed by atoms with E-state index in [0.29, 0.717) is 18.0 Å². The van der Waals surface area contributed by atoms with E-state index in [9.17, 15) is 4.79 Å². The lowest BCUT2D eigenvalue weighted by atomic mass is 9.78. The first-order valence-electron chi connectivity index (χ1n) is 10.8. The van der Waals surface area contributed by atoms with Crippen molar-refractivity contribution in [1.29, 1.82) is 0 Å². The van der Waals surface area contributed by atoms with Crippen molar-refractivity contribution in [2.45, 2.75) is 82.2 Å². The number of nitrogens with two attached hydrogens (primary N) is 1. The maximum absolute atomic E-state index is 12.7. The average Bonchev–Trinajstić information content (AvgIpc) is 2.94. The normalized spacial score (nSPS) is 27.7. The third-order valence-electron chi connectivity index (χ3n) is 6.66. The molecular weight excluding hydrogens is 338 g/mol. The molecule has 2 aliphatic carbocycles. The van der Waals surface area contributed by atoms with Gasteiger partial charge in [-0.15, -0.1) is 0 Å². The van der Waals surface area contributed by atoms with Crippen LogP contribution in [0.25, 0.3) is 0 Å². The minimum absolute atomic E-state index is 0.149. The third kappa shape index (κ3) is 4.60. The number of piperidine rings is 1. The van der Waals surface area contributed by atoms with E-state index in [1.54, 1.807) is 6.33 Å². The quantitative estimate of drug-likeness (QED) is 0.795. The molecule has 4 rings (SSSR count). The van der Waals surface area contributed by atoms with Crippen LogP contribution in [0.4, 0.5) is 5.82 Å². The van der Waals surface area contributed by atoms with Crippen LogP contribution in [0.1, 0.15) is 75.8 Å². The molecule has 1 aliphatic heterocycles. The largest absolute Gasteiger partial charge is 0.356 e. The lowest BCUT2D eigenvalue weighted by Gasteiger charge is -2.34. The Morgan fingerprint density at radius 3 is 2.41 bits per heavy atom. The summed E-state index contributed by atoms with van der Waals surface area (Å²) >= 11 is 0. The van der Waals surface area contributed by atoms with Gasteiger partial charge in [-0.05, 0) is 38.5 Å². The van der Waals surface area contributed by atoms with Gasteiger partial charge in [0.1, 0.15) is 12.1 Å². The van der Waals surface area contributed by atoms with Gasteiger partial charge in [0.15, 0.2) is 0 Å². The molecule has 0 bridgehead atoms. The minimum Gasteiger partial charge on any atom is -0.356 e. The first-order valence-corrected chi connectivity index (χ1v) is 10.8. The zero-order chi connectivity index (χ0) is 18.6. The van der Waals surface area contributed by atoms with Crippen LogP contribution in [0.5, 0.6) is 0 Å². The summed E-state index contributed by atoms with van der Waals surface area (Å²) in [6.45, 7) is 1.78. The van der Waals surface area contributed by atoms with Crippen molar-refractivity contribution in [3.63, 3.8) is 0 Å². The van der Waals surface area contributed by atoms with Gasteiger partial charge in [0.25, 0.3) is 0 Å². The van der Waals surface area contributed by atoms with Gasteiger partial charge >= 0.3 is 0 Å². The average molecular weight is 372 g/mol. The highest BCUT2D eigenvalue weighted by Gasteiger charge is 2.30. The van der Waals surface area contributed by atoms with Crippen LogP contribution in [0.2, 0.25) is 0 Å². The highest BCUT2D eigenvalue weighted by Crippen LogP contribution is 2.35. The molecule has 1 saturated heterocycles. The standard InChI is InChI=1S/C21H33N5O/c22-17-11-16(12-17)19-13-20(24-14-23-19)26-9-7-15(8-10-26)21(27)25-18-5-3-1-2-4-6-18/h13-18H,1-12,22H2,(H,25,27). The van der Waals surface area contributed by atoms with Crippen LogP contribution in [0.15, 0.2) is 12.4 Å². The minimum atomic E-state index is 0.149. The Kier molecular flexibility index (Phi) is 5.91. The molecule has 2 heterocycles. The third-order valence-corrected chi connectivity index (χ3v) is 6.66. The predicted molar refractivity (Wildman–Crippen MR) is 107 cm³/mol. The van der Waals surface area contributed by atoms with Gasteiger partial charge in [-0.3, -0.25) is 4.79 Å². The van der Waals surface area contributed by atoms with Crippen molar-refractivity contribution in [2.75, 3.05) is 18.0 Å². The van der Waals surface area contributed by atoms with Gasteiger partial charge in [0.05, 0.1) is 0 Å². The number of hydrogen-bond acceptors (Lipinski definition) is 5. The van der Waals surface area contributed by atoms with Crippen molar-refractivity contribution in [2.24, 2.45) is 11.7 Å². The Labute approximate surface area is 162 Å². The SMILES string of the molecule is NC1CC(c2cc(N3CCC(C(=O)NC4CCCCCC4)CC3)ncn2)C1. The van der Waals surface area contributed by atoms with Crippen LogP contribution < -0.4 is 16.0 Å². The topological polar surface area (TPSA) is 84.1 Å². The fourth-order valence-corrected chi connectivity index (χ4v) is 4.77. The predicted octanol–water partition coefficient (Wildman–Crippen LogP) is 2.74. The van der Waals surface area contributed by atoms with Crippen LogP contribution >= 0.6 is 0 Å². The van der Waals surface area contributed by atoms with E-state index in [-0.39, 0.29) is 11.8 Å². The van der Waals surface area contributed by atoms with E-state index in [1.807, 2.05) is 0 Å². The van der Waals surface area contributed by atoms with Crippen LogP contribution in [-0.2, 0) is 4.79 Å². The van der Waals surface area contributed by atoms with Crippen LogP contribution in [-0.4, -0.2) is 41.0 Å². The number of nitrogens with zero attached hydrogens (tertiary/aromatic N) is 3. The number of carbonyl (C=O) groups excluding carboxylic acids is 1. The fraction of sp³-hybridized carbons (Fsp3) is 0.762. The van der Waals surface area contributed by atoms with E-state index in [4.69, 9.17) is 5.73 Å². The second-order valence-corrected chi connectivity index (χ2v) is 8.69. The molecule has 0 spiro atoms. The zero-order valence-corrected chi connectivity index (χ0v) is 16.3. The first-order chi connectivity index (χ1) is 13.2. The van der Waals surface area contributed by atoms with E-state index in [2.05, 4.69) is 26.3 Å². The number of carbonyl (C=O) groups is 1. The van der Waals surface area contributed by atoms with Gasteiger partial charge in [-0.25, -0.2) is 9.97 Å². The molecule has 1 aromatic rings. The molecule has 27 heavy (non-hydrogen) atoms. The highest BCUT2D eigenvalue weighted by molar-refractivity contribution is 5.79. The van der Waals surface area contributed by atoms with Crippen molar-refractivity contribution in [1.82, 2.24) is 15.3 Å². The Morgan fingerprint density at radius 1 is 1.04 bits per heavy atom. The molecule has 1 aromatic heterocycles. The van der Waals surface area contributed by atoms with E-state index < -0.39 is 0 Å². The number of amides is 1. The molecule has 3 aliphatic rings. The molecule has 0 unspecified atom stereocenters. The summed E-state index contributed by atoms with van der Waals surface area (Å²) < 4.78 is 0. The number of rotatable bonds is 4. The second-order valence-electron chi connectivity index (χ2n) is 8.69. The summed E-state index contributed by atoms with van der Waals surface area (Å²) in [5, 5.41) is 3.33. The summed E-state index contributed by atoms with van der Waals surface area (Å²) in [6, 6.07) is 2.86. The van der Waals surface area contributed by atoms with Crippen molar-refractivity contribution in [3.8, 4) is 0 Å². The Hall–Kier alpha value is -1.69. The molecular formula is C21H33N5O. The summed E-state index contributed by atoms with van der Waals surface area (Å²) in [5.74, 6) is 1.91. The van der Waals surface area contributed by atoms with Gasteiger partial charge in [0, 0.05) is 48.8 Å². The van der Waals surface area contributed by atoms with Crippen LogP contribution in [0, 0.1) is 5.92 Å². The number of nitrogens with one attached hydrogen (secondary N) is 1.